The number of dihydropyridines is 1. The molecule has 0 aliphatic carbocycles. The highest BCUT2D eigenvalue weighted by Crippen LogP contribution is 2.45. The Labute approximate surface area is 231 Å². The van der Waals surface area contributed by atoms with Crippen LogP contribution in [0.4, 0.5) is 18.9 Å². The number of nitrogens with one attached hydrogen (secondary N) is 2. The number of carbonyl (C=O) groups excluding carboxylic acids is 1. The molecular formula is C26H23Cl2F3N2O6. The summed E-state index contributed by atoms with van der Waals surface area (Å²) in [6.45, 7) is -1.27. The van der Waals surface area contributed by atoms with E-state index in [0.717, 1.165) is 7.11 Å². The molecule has 2 aromatic carbocycles. The fourth-order valence-electron chi connectivity index (χ4n) is 4.31. The molecule has 39 heavy (non-hydrogen) atoms. The number of carboxylic acid groups (broad SMARTS) is 2. The van der Waals surface area contributed by atoms with E-state index in [1.54, 1.807) is 18.2 Å². The number of methoxy groups -OCH3 is 1. The lowest BCUT2D eigenvalue weighted by molar-refractivity contribution is -0.139. The number of hydrogen-bond donors (Lipinski definition) is 4. The molecule has 1 heterocycles. The summed E-state index contributed by atoms with van der Waals surface area (Å²) >= 11 is 12.7. The molecule has 0 fully saturated rings. The number of aliphatic carboxylic acids is 2. The molecular weight excluding hydrogens is 564 g/mol. The number of halogens is 5. The van der Waals surface area contributed by atoms with Crippen LogP contribution in [0.2, 0.25) is 10.0 Å². The van der Waals surface area contributed by atoms with Gasteiger partial charge < -0.3 is 25.6 Å². The summed E-state index contributed by atoms with van der Waals surface area (Å²) in [5, 5.41) is 25.5. The second-order valence-electron chi connectivity index (χ2n) is 8.47. The van der Waals surface area contributed by atoms with Crippen molar-refractivity contribution in [3.8, 4) is 0 Å². The maximum absolute atomic E-state index is 12.8. The molecule has 3 rings (SSSR count). The highest BCUT2D eigenvalue weighted by molar-refractivity contribution is 6.36. The Bertz CT molecular complexity index is 1340. The number of anilines is 1. The van der Waals surface area contributed by atoms with E-state index in [-0.39, 0.29) is 51.1 Å². The predicted octanol–water partition coefficient (Wildman–Crippen LogP) is 5.53. The molecule has 0 saturated carbocycles. The minimum Gasteiger partial charge on any atom is -0.478 e. The van der Waals surface area contributed by atoms with Gasteiger partial charge in [0.05, 0.1) is 30.6 Å². The van der Waals surface area contributed by atoms with Gasteiger partial charge in [-0.25, -0.2) is 9.59 Å². The lowest BCUT2D eigenvalue weighted by atomic mass is 9.78. The van der Waals surface area contributed by atoms with E-state index in [4.69, 9.17) is 23.2 Å². The summed E-state index contributed by atoms with van der Waals surface area (Å²) in [4.78, 5) is 37.2. The third kappa shape index (κ3) is 7.24. The van der Waals surface area contributed by atoms with Crippen molar-refractivity contribution in [2.24, 2.45) is 0 Å². The van der Waals surface area contributed by atoms with Gasteiger partial charge in [0.2, 0.25) is 0 Å². The molecule has 2 aromatic rings. The van der Waals surface area contributed by atoms with Crippen molar-refractivity contribution in [1.82, 2.24) is 5.32 Å². The fourth-order valence-corrected chi connectivity index (χ4v) is 4.92. The number of carboxylic acids is 2. The molecule has 0 saturated heterocycles. The van der Waals surface area contributed by atoms with Gasteiger partial charge in [0.1, 0.15) is 6.54 Å². The van der Waals surface area contributed by atoms with Crippen LogP contribution >= 0.6 is 23.2 Å². The van der Waals surface area contributed by atoms with Crippen molar-refractivity contribution in [2.45, 2.75) is 31.4 Å². The predicted molar refractivity (Wildman–Crippen MR) is 138 cm³/mol. The van der Waals surface area contributed by atoms with Crippen molar-refractivity contribution in [2.75, 3.05) is 19.0 Å². The molecule has 1 aliphatic rings. The Morgan fingerprint density at radius 3 is 2.10 bits per heavy atom. The lowest BCUT2D eigenvalue weighted by Crippen LogP contribution is -2.34. The molecule has 0 spiro atoms. The highest BCUT2D eigenvalue weighted by atomic mass is 35.5. The molecule has 0 radical (unpaired) electrons. The van der Waals surface area contributed by atoms with Gasteiger partial charge in [0.25, 0.3) is 0 Å². The van der Waals surface area contributed by atoms with Crippen molar-refractivity contribution >= 4 is 46.8 Å². The van der Waals surface area contributed by atoms with Crippen LogP contribution < -0.4 is 10.6 Å². The van der Waals surface area contributed by atoms with E-state index in [9.17, 15) is 37.8 Å². The number of benzene rings is 2. The van der Waals surface area contributed by atoms with Crippen LogP contribution in [0.1, 0.15) is 29.9 Å². The largest absolute Gasteiger partial charge is 0.478 e. The van der Waals surface area contributed by atoms with E-state index in [2.05, 4.69) is 15.4 Å². The normalized spacial score (nSPS) is 15.6. The van der Waals surface area contributed by atoms with Crippen molar-refractivity contribution < 1.29 is 42.5 Å². The number of hydrogen-bond acceptors (Lipinski definition) is 6. The number of carbonyl (C=O) groups is 3. The number of aryl methyl sites for hydroxylation is 1. The third-order valence-electron chi connectivity index (χ3n) is 5.97. The first kappa shape index (κ1) is 29.9. The standard InChI is InChI=1S/C26H23Cl2F3N2O6/c1-39-19(34)11-18-22(25(37)38)23(20-14(27)6-4-7-15(20)28)21(24(35)36)17(33-18)10-9-13-5-2-3-8-16(13)32-12-26(29,30)31/h2-8,23,32-33H,9-12H2,1H3,(H,35,36)(H,37,38). The van der Waals surface area contributed by atoms with Crippen LogP contribution in [0.3, 0.4) is 0 Å². The van der Waals surface area contributed by atoms with Gasteiger partial charge in [-0.2, -0.15) is 13.2 Å². The number of ether oxygens (including phenoxy) is 1. The van der Waals surface area contributed by atoms with Crippen molar-refractivity contribution in [3.05, 3.63) is 86.2 Å². The Hall–Kier alpha value is -3.70. The summed E-state index contributed by atoms with van der Waals surface area (Å²) in [6.07, 6.45) is -4.99. The molecule has 4 N–H and O–H groups in total. The molecule has 208 valence electrons. The maximum Gasteiger partial charge on any atom is 0.405 e. The van der Waals surface area contributed by atoms with Gasteiger partial charge in [-0.05, 0) is 36.6 Å². The average molecular weight is 587 g/mol. The second-order valence-corrected chi connectivity index (χ2v) is 9.28. The minimum atomic E-state index is -4.46. The molecule has 0 aromatic heterocycles. The van der Waals surface area contributed by atoms with E-state index in [1.807, 2.05) is 0 Å². The van der Waals surface area contributed by atoms with E-state index >= 15 is 0 Å². The van der Waals surface area contributed by atoms with E-state index in [0.29, 0.717) is 5.56 Å². The van der Waals surface area contributed by atoms with Crippen LogP contribution in [0, 0.1) is 0 Å². The van der Waals surface area contributed by atoms with Crippen molar-refractivity contribution in [1.29, 1.82) is 0 Å². The summed E-state index contributed by atoms with van der Waals surface area (Å²) < 4.78 is 43.0. The average Bonchev–Trinajstić information content (AvgIpc) is 2.85. The molecule has 8 nitrogen and oxygen atoms in total. The summed E-state index contributed by atoms with van der Waals surface area (Å²) in [5.41, 5.74) is -0.248. The molecule has 1 aliphatic heterocycles. The molecule has 0 amide bonds. The number of rotatable bonds is 10. The van der Waals surface area contributed by atoms with E-state index in [1.165, 1.54) is 24.3 Å². The number of para-hydroxylation sites is 1. The highest BCUT2D eigenvalue weighted by Gasteiger charge is 2.41. The second kappa shape index (κ2) is 12.4. The monoisotopic (exact) mass is 586 g/mol. The lowest BCUT2D eigenvalue weighted by Gasteiger charge is -2.32. The molecule has 0 bridgehead atoms. The molecule has 1 atom stereocenters. The first-order valence-electron chi connectivity index (χ1n) is 11.4. The summed E-state index contributed by atoms with van der Waals surface area (Å²) in [6, 6.07) is 10.6. The third-order valence-corrected chi connectivity index (χ3v) is 6.63. The first-order chi connectivity index (χ1) is 18.3. The Morgan fingerprint density at radius 1 is 0.949 bits per heavy atom. The fraction of sp³-hybridized carbons (Fsp3) is 0.269. The van der Waals surface area contributed by atoms with Crippen LogP contribution in [0.25, 0.3) is 0 Å². The van der Waals surface area contributed by atoms with Crippen molar-refractivity contribution in [3.63, 3.8) is 0 Å². The Kier molecular flexibility index (Phi) is 9.52. The smallest absolute Gasteiger partial charge is 0.405 e. The Balaban J connectivity index is 2.14. The number of esters is 1. The maximum atomic E-state index is 12.8. The van der Waals surface area contributed by atoms with E-state index < -0.39 is 48.5 Å². The van der Waals surface area contributed by atoms with Crippen LogP contribution in [-0.4, -0.2) is 48.0 Å². The zero-order valence-electron chi connectivity index (χ0n) is 20.4. The topological polar surface area (TPSA) is 125 Å². The Morgan fingerprint density at radius 2 is 1.54 bits per heavy atom. The van der Waals surface area contributed by atoms with Gasteiger partial charge >= 0.3 is 24.1 Å². The van der Waals surface area contributed by atoms with Crippen LogP contribution in [0.5, 0.6) is 0 Å². The number of allylic oxidation sites excluding steroid dienone is 1. The summed E-state index contributed by atoms with van der Waals surface area (Å²) in [5.74, 6) is -5.25. The zero-order chi connectivity index (χ0) is 28.9. The van der Waals surface area contributed by atoms with Gasteiger partial charge in [0, 0.05) is 32.7 Å². The van der Waals surface area contributed by atoms with Crippen LogP contribution in [-0.2, 0) is 25.5 Å². The quantitative estimate of drug-likeness (QED) is 0.268. The van der Waals surface area contributed by atoms with Crippen LogP contribution in [0.15, 0.2) is 65.0 Å². The van der Waals surface area contributed by atoms with Gasteiger partial charge in [-0.1, -0.05) is 47.5 Å². The SMILES string of the molecule is COC(=O)CC1=C(C(=O)O)C(c2c(Cl)cccc2Cl)C(C(=O)O)=C(CCc2ccccc2NCC(F)(F)F)N1. The minimum absolute atomic E-state index is 0.00497. The summed E-state index contributed by atoms with van der Waals surface area (Å²) in [7, 11) is 1.11. The molecule has 1 unspecified atom stereocenters. The first-order valence-corrected chi connectivity index (χ1v) is 12.2. The molecule has 13 heteroatoms. The zero-order valence-corrected chi connectivity index (χ0v) is 21.9. The van der Waals surface area contributed by atoms with Gasteiger partial charge in [0.15, 0.2) is 0 Å². The number of alkyl halides is 3. The van der Waals surface area contributed by atoms with Gasteiger partial charge in [-0.15, -0.1) is 0 Å². The van der Waals surface area contributed by atoms with Gasteiger partial charge in [-0.3, -0.25) is 4.79 Å².